The van der Waals surface area contributed by atoms with E-state index in [0.717, 1.165) is 15.8 Å². The van der Waals surface area contributed by atoms with Crippen LogP contribution in [0.1, 0.15) is 5.56 Å². The number of nitrogens with one attached hydrogen (secondary N) is 1. The molecule has 1 amide bonds. The number of nitrogens with zero attached hydrogens (tertiary/aromatic N) is 1. The summed E-state index contributed by atoms with van der Waals surface area (Å²) in [7, 11) is 1.60. The largest absolute Gasteiger partial charge is 0.494 e. The van der Waals surface area contributed by atoms with E-state index in [1.807, 2.05) is 49.4 Å². The Morgan fingerprint density at radius 2 is 1.96 bits per heavy atom. The van der Waals surface area contributed by atoms with E-state index in [1.165, 1.54) is 11.3 Å². The topological polar surface area (TPSA) is 60.5 Å². The van der Waals surface area contributed by atoms with Gasteiger partial charge in [0.2, 0.25) is 0 Å². The summed E-state index contributed by atoms with van der Waals surface area (Å²) in [6, 6.07) is 13.3. The molecule has 0 spiro atoms. The van der Waals surface area contributed by atoms with E-state index in [9.17, 15) is 4.79 Å². The lowest BCUT2D eigenvalue weighted by Gasteiger charge is -2.07. The molecule has 0 unspecified atom stereocenters. The zero-order valence-electron chi connectivity index (χ0n) is 12.8. The van der Waals surface area contributed by atoms with E-state index in [1.54, 1.807) is 7.11 Å². The molecule has 3 rings (SSSR count). The van der Waals surface area contributed by atoms with Gasteiger partial charge in [-0.25, -0.2) is 4.98 Å². The number of rotatable bonds is 5. The molecule has 6 heteroatoms. The molecule has 0 saturated heterocycles. The highest BCUT2D eigenvalue weighted by Gasteiger charge is 2.11. The number of para-hydroxylation sites is 2. The molecule has 0 saturated carbocycles. The molecule has 1 N–H and O–H groups in total. The quantitative estimate of drug-likeness (QED) is 0.777. The fourth-order valence-electron chi connectivity index (χ4n) is 2.16. The van der Waals surface area contributed by atoms with Crippen LogP contribution < -0.4 is 14.8 Å². The molecule has 1 heterocycles. The van der Waals surface area contributed by atoms with E-state index in [2.05, 4.69) is 10.3 Å². The Labute approximate surface area is 137 Å². The van der Waals surface area contributed by atoms with Crippen molar-refractivity contribution >= 4 is 32.6 Å². The Bertz CT molecular complexity index is 845. The van der Waals surface area contributed by atoms with Gasteiger partial charge in [-0.2, -0.15) is 0 Å². The van der Waals surface area contributed by atoms with Gasteiger partial charge in [-0.3, -0.25) is 10.1 Å². The number of amides is 1. The second kappa shape index (κ2) is 6.66. The fraction of sp³-hybridized carbons (Fsp3) is 0.176. The van der Waals surface area contributed by atoms with Gasteiger partial charge < -0.3 is 9.47 Å². The number of carbonyl (C=O) groups excluding carboxylic acids is 1. The molecule has 118 valence electrons. The average Bonchev–Trinajstić information content (AvgIpc) is 2.96. The highest BCUT2D eigenvalue weighted by molar-refractivity contribution is 7.22. The number of aromatic nitrogens is 1. The summed E-state index contributed by atoms with van der Waals surface area (Å²) in [5, 5.41) is 3.29. The minimum atomic E-state index is -0.244. The maximum absolute atomic E-state index is 12.0. The summed E-state index contributed by atoms with van der Waals surface area (Å²) in [5.74, 6) is 1.15. The number of thiazole rings is 1. The van der Waals surface area contributed by atoms with Gasteiger partial charge in [0.1, 0.15) is 17.0 Å². The molecule has 0 aliphatic carbocycles. The number of hydrogen-bond acceptors (Lipinski definition) is 5. The van der Waals surface area contributed by atoms with Crippen LogP contribution in [0.15, 0.2) is 42.5 Å². The first-order chi connectivity index (χ1) is 11.2. The highest BCUT2D eigenvalue weighted by Crippen LogP contribution is 2.32. The maximum Gasteiger partial charge on any atom is 0.264 e. The van der Waals surface area contributed by atoms with Crippen LogP contribution in [0.5, 0.6) is 11.5 Å². The molecule has 0 radical (unpaired) electrons. The molecule has 5 nitrogen and oxygen atoms in total. The van der Waals surface area contributed by atoms with Gasteiger partial charge in [-0.1, -0.05) is 35.6 Å². The lowest BCUT2D eigenvalue weighted by atomic mass is 10.2. The molecular weight excluding hydrogens is 312 g/mol. The molecule has 2 aromatic carbocycles. The number of hydrogen-bond donors (Lipinski definition) is 1. The Morgan fingerprint density at radius 1 is 1.17 bits per heavy atom. The number of carbonyl (C=O) groups is 1. The molecule has 3 aromatic rings. The Hall–Kier alpha value is -2.60. The van der Waals surface area contributed by atoms with Crippen LogP contribution in [0.2, 0.25) is 0 Å². The van der Waals surface area contributed by atoms with E-state index < -0.39 is 0 Å². The van der Waals surface area contributed by atoms with Gasteiger partial charge in [0.15, 0.2) is 11.7 Å². The number of aryl methyl sites for hydroxylation is 1. The monoisotopic (exact) mass is 328 g/mol. The maximum atomic E-state index is 12.0. The van der Waals surface area contributed by atoms with Crippen LogP contribution in [0, 0.1) is 6.92 Å². The molecule has 1 aromatic heterocycles. The van der Waals surface area contributed by atoms with Crippen molar-refractivity contribution in [2.24, 2.45) is 0 Å². The summed E-state index contributed by atoms with van der Waals surface area (Å²) in [6.45, 7) is 1.88. The van der Waals surface area contributed by atoms with Gasteiger partial charge in [0.25, 0.3) is 5.91 Å². The van der Waals surface area contributed by atoms with Gasteiger partial charge in [0.05, 0.1) is 11.8 Å². The zero-order chi connectivity index (χ0) is 16.2. The summed E-state index contributed by atoms with van der Waals surface area (Å²) in [5.41, 5.74) is 1.74. The second-order valence-electron chi connectivity index (χ2n) is 4.93. The van der Waals surface area contributed by atoms with Gasteiger partial charge in [0, 0.05) is 0 Å². The van der Waals surface area contributed by atoms with Crippen molar-refractivity contribution in [3.8, 4) is 11.5 Å². The third-order valence-corrected chi connectivity index (χ3v) is 4.24. The van der Waals surface area contributed by atoms with Gasteiger partial charge in [-0.15, -0.1) is 0 Å². The smallest absolute Gasteiger partial charge is 0.264 e. The zero-order valence-corrected chi connectivity index (χ0v) is 13.6. The predicted octanol–water partition coefficient (Wildman–Crippen LogP) is 3.63. The van der Waals surface area contributed by atoms with Crippen LogP contribution in [0.3, 0.4) is 0 Å². The Morgan fingerprint density at radius 3 is 2.74 bits per heavy atom. The van der Waals surface area contributed by atoms with E-state index in [0.29, 0.717) is 16.6 Å². The van der Waals surface area contributed by atoms with Crippen LogP contribution in [0.4, 0.5) is 5.13 Å². The first kappa shape index (κ1) is 15.3. The predicted molar refractivity (Wildman–Crippen MR) is 91.5 cm³/mol. The Kier molecular flexibility index (Phi) is 4.43. The van der Waals surface area contributed by atoms with Crippen molar-refractivity contribution in [2.45, 2.75) is 6.92 Å². The van der Waals surface area contributed by atoms with E-state index in [-0.39, 0.29) is 12.5 Å². The summed E-state index contributed by atoms with van der Waals surface area (Å²) in [4.78, 5) is 16.4. The minimum absolute atomic E-state index is 0.0576. The molecule has 23 heavy (non-hydrogen) atoms. The number of anilines is 1. The third-order valence-electron chi connectivity index (χ3n) is 3.30. The Balaban J connectivity index is 1.67. The molecule has 0 aliphatic heterocycles. The summed E-state index contributed by atoms with van der Waals surface area (Å²) >= 11 is 1.40. The highest BCUT2D eigenvalue weighted by atomic mass is 32.1. The lowest BCUT2D eigenvalue weighted by molar-refractivity contribution is -0.118. The second-order valence-corrected chi connectivity index (χ2v) is 5.96. The SMILES string of the molecule is COc1cccc2sc(NC(=O)COc3ccccc3C)nc12. The number of methoxy groups -OCH3 is 1. The first-order valence-corrected chi connectivity index (χ1v) is 7.91. The fourth-order valence-corrected chi connectivity index (χ4v) is 3.06. The number of benzene rings is 2. The minimum Gasteiger partial charge on any atom is -0.494 e. The first-order valence-electron chi connectivity index (χ1n) is 7.09. The van der Waals surface area contributed by atoms with Crippen molar-refractivity contribution in [3.05, 3.63) is 48.0 Å². The molecule has 0 bridgehead atoms. The van der Waals surface area contributed by atoms with Crippen molar-refractivity contribution in [2.75, 3.05) is 19.0 Å². The third kappa shape index (κ3) is 3.43. The van der Waals surface area contributed by atoms with Crippen molar-refractivity contribution < 1.29 is 14.3 Å². The van der Waals surface area contributed by atoms with Crippen molar-refractivity contribution in [1.29, 1.82) is 0 Å². The van der Waals surface area contributed by atoms with Gasteiger partial charge in [-0.05, 0) is 30.7 Å². The lowest BCUT2D eigenvalue weighted by Crippen LogP contribution is -2.20. The normalized spacial score (nSPS) is 10.5. The van der Waals surface area contributed by atoms with Crippen LogP contribution in [-0.4, -0.2) is 24.6 Å². The standard InChI is InChI=1S/C17H16N2O3S/c1-11-6-3-4-7-12(11)22-10-15(20)18-17-19-16-13(21-2)8-5-9-14(16)23-17/h3-9H,10H2,1-2H3,(H,18,19,20). The van der Waals surface area contributed by atoms with Gasteiger partial charge >= 0.3 is 0 Å². The average molecular weight is 328 g/mol. The van der Waals surface area contributed by atoms with Crippen molar-refractivity contribution in [3.63, 3.8) is 0 Å². The molecule has 0 fully saturated rings. The summed E-state index contributed by atoms with van der Waals surface area (Å²) < 4.78 is 11.8. The number of fused-ring (bicyclic) bond motifs is 1. The van der Waals surface area contributed by atoms with Crippen LogP contribution >= 0.6 is 11.3 Å². The van der Waals surface area contributed by atoms with E-state index in [4.69, 9.17) is 9.47 Å². The molecule has 0 aliphatic rings. The summed E-state index contributed by atoms with van der Waals surface area (Å²) in [6.07, 6.45) is 0. The van der Waals surface area contributed by atoms with Crippen LogP contribution in [-0.2, 0) is 4.79 Å². The van der Waals surface area contributed by atoms with E-state index >= 15 is 0 Å². The molecular formula is C17H16N2O3S. The molecule has 0 atom stereocenters. The van der Waals surface area contributed by atoms with Crippen molar-refractivity contribution in [1.82, 2.24) is 4.98 Å². The number of ether oxygens (including phenoxy) is 2. The van der Waals surface area contributed by atoms with Crippen LogP contribution in [0.25, 0.3) is 10.2 Å².